The second-order valence-electron chi connectivity index (χ2n) is 7.14. The lowest BCUT2D eigenvalue weighted by Crippen LogP contribution is -2.40. The normalized spacial score (nSPS) is 14.7. The molecule has 1 N–H and O–H groups in total. The quantitative estimate of drug-likeness (QED) is 0.592. The largest absolute Gasteiger partial charge is 0.511 e. The molecule has 29 heavy (non-hydrogen) atoms. The summed E-state index contributed by atoms with van der Waals surface area (Å²) < 4.78 is 15.3. The lowest BCUT2D eigenvalue weighted by atomic mass is 9.88. The summed E-state index contributed by atoms with van der Waals surface area (Å²) in [6.07, 6.45) is 1.44. The summed E-state index contributed by atoms with van der Waals surface area (Å²) >= 11 is 0. The molecule has 0 saturated heterocycles. The molecule has 1 aromatic carbocycles. The van der Waals surface area contributed by atoms with E-state index in [0.717, 1.165) is 4.57 Å². The van der Waals surface area contributed by atoms with Crippen LogP contribution in [0.1, 0.15) is 48.5 Å². The van der Waals surface area contributed by atoms with Crippen LogP contribution in [-0.4, -0.2) is 32.5 Å². The zero-order valence-corrected chi connectivity index (χ0v) is 16.5. The number of nitrogens with zero attached hydrogens (tertiary/aromatic N) is 2. The number of halogens is 1. The Kier molecular flexibility index (Phi) is 5.81. The second kappa shape index (κ2) is 8.14. The molecule has 0 unspecified atom stereocenters. The van der Waals surface area contributed by atoms with E-state index in [2.05, 4.69) is 0 Å². The van der Waals surface area contributed by atoms with Crippen LogP contribution in [-0.2, 0) is 17.9 Å². The summed E-state index contributed by atoms with van der Waals surface area (Å²) in [5.41, 5.74) is -0.740. The molecule has 0 radical (unpaired) electrons. The van der Waals surface area contributed by atoms with Gasteiger partial charge < -0.3 is 5.11 Å². The third-order valence-electron chi connectivity index (χ3n) is 5.27. The maximum atomic E-state index is 13.1. The van der Waals surface area contributed by atoms with Crippen molar-refractivity contribution < 1.29 is 19.1 Å². The fourth-order valence-electron chi connectivity index (χ4n) is 3.85. The minimum Gasteiger partial charge on any atom is -0.511 e. The molecule has 8 heteroatoms. The van der Waals surface area contributed by atoms with Crippen molar-refractivity contribution >= 4 is 22.5 Å². The topological polar surface area (TPSA) is 98.4 Å². The van der Waals surface area contributed by atoms with Crippen LogP contribution in [0.2, 0.25) is 0 Å². The van der Waals surface area contributed by atoms with Crippen LogP contribution < -0.4 is 11.2 Å². The summed E-state index contributed by atoms with van der Waals surface area (Å²) in [7, 11) is 0. The number of carbonyl (C=O) groups excluding carboxylic acids is 2. The number of alkyl halides is 1. The van der Waals surface area contributed by atoms with E-state index in [1.807, 2.05) is 6.92 Å². The molecule has 0 saturated carbocycles. The lowest BCUT2D eigenvalue weighted by molar-refractivity contribution is -0.116. The fraction of sp³-hybridized carbons (Fsp3) is 0.429. The average Bonchev–Trinajstić information content (AvgIpc) is 2.68. The number of Topliss-reactive ketones (excluding diaryl/α,β-unsaturated/α-hetero) is 2. The summed E-state index contributed by atoms with van der Waals surface area (Å²) in [5, 5.41) is 10.2. The minimum absolute atomic E-state index is 0.111. The summed E-state index contributed by atoms with van der Waals surface area (Å²) in [5.74, 6) is -1.31. The highest BCUT2D eigenvalue weighted by Gasteiger charge is 2.29. The van der Waals surface area contributed by atoms with E-state index in [1.165, 1.54) is 16.7 Å². The van der Waals surface area contributed by atoms with Crippen LogP contribution in [0.25, 0.3) is 10.9 Å². The molecule has 0 aliphatic heterocycles. The van der Waals surface area contributed by atoms with Crippen LogP contribution >= 0.6 is 0 Å². The van der Waals surface area contributed by atoms with E-state index in [4.69, 9.17) is 0 Å². The van der Waals surface area contributed by atoms with Gasteiger partial charge >= 0.3 is 5.69 Å². The predicted octanol–water partition coefficient (Wildman–Crippen LogP) is 2.60. The molecule has 0 amide bonds. The standard InChI is InChI=1S/C21H23FN2O5/c1-3-10-24-20(28)17-12(2)13(7-8-14(17)23(11-9-22)21(24)29)19(27)18-15(25)5-4-6-16(18)26/h7-8,25H,3-6,9-11H2,1-2H3. The van der Waals surface area contributed by atoms with Crippen molar-refractivity contribution in [2.24, 2.45) is 0 Å². The van der Waals surface area contributed by atoms with E-state index < -0.39 is 29.5 Å². The molecule has 1 aliphatic rings. The van der Waals surface area contributed by atoms with Crippen molar-refractivity contribution in [2.45, 2.75) is 52.6 Å². The van der Waals surface area contributed by atoms with Crippen LogP contribution in [0.4, 0.5) is 4.39 Å². The molecule has 0 fully saturated rings. The molecule has 0 atom stereocenters. The molecule has 7 nitrogen and oxygen atoms in total. The molecule has 1 heterocycles. The zero-order chi connectivity index (χ0) is 21.3. The Morgan fingerprint density at radius 1 is 1.14 bits per heavy atom. The fourth-order valence-corrected chi connectivity index (χ4v) is 3.85. The predicted molar refractivity (Wildman–Crippen MR) is 106 cm³/mol. The van der Waals surface area contributed by atoms with E-state index in [9.17, 15) is 28.7 Å². The maximum Gasteiger partial charge on any atom is 0.331 e. The van der Waals surface area contributed by atoms with Gasteiger partial charge in [-0.1, -0.05) is 6.92 Å². The van der Waals surface area contributed by atoms with Gasteiger partial charge in [0.25, 0.3) is 5.56 Å². The Labute approximate surface area is 166 Å². The Balaban J connectivity index is 2.32. The van der Waals surface area contributed by atoms with Gasteiger partial charge in [-0.3, -0.25) is 23.5 Å². The summed E-state index contributed by atoms with van der Waals surface area (Å²) in [6.45, 7) is 2.54. The third-order valence-corrected chi connectivity index (χ3v) is 5.27. The molecule has 0 bridgehead atoms. The third kappa shape index (κ3) is 3.43. The summed E-state index contributed by atoms with van der Waals surface area (Å²) in [4.78, 5) is 50.9. The first-order valence-corrected chi connectivity index (χ1v) is 9.66. The van der Waals surface area contributed by atoms with E-state index in [-0.39, 0.29) is 53.7 Å². The van der Waals surface area contributed by atoms with E-state index in [0.29, 0.717) is 18.4 Å². The second-order valence-corrected chi connectivity index (χ2v) is 7.14. The Hall–Kier alpha value is -3.03. The van der Waals surface area contributed by atoms with Gasteiger partial charge in [0.05, 0.1) is 17.4 Å². The van der Waals surface area contributed by atoms with Crippen molar-refractivity contribution in [1.82, 2.24) is 9.13 Å². The van der Waals surface area contributed by atoms with Gasteiger partial charge in [-0.2, -0.15) is 0 Å². The smallest absolute Gasteiger partial charge is 0.331 e. The highest BCUT2D eigenvalue weighted by Crippen LogP contribution is 2.26. The van der Waals surface area contributed by atoms with E-state index in [1.54, 1.807) is 6.92 Å². The number of fused-ring (bicyclic) bond motifs is 1. The zero-order valence-electron chi connectivity index (χ0n) is 16.5. The molecular formula is C21H23FN2O5. The lowest BCUT2D eigenvalue weighted by Gasteiger charge is -2.17. The van der Waals surface area contributed by atoms with Crippen molar-refractivity contribution in [2.75, 3.05) is 6.67 Å². The van der Waals surface area contributed by atoms with Gasteiger partial charge in [-0.15, -0.1) is 0 Å². The number of aliphatic hydroxyl groups is 1. The van der Waals surface area contributed by atoms with Crippen LogP contribution in [0.15, 0.2) is 33.1 Å². The van der Waals surface area contributed by atoms with Gasteiger partial charge in [0.1, 0.15) is 18.0 Å². The van der Waals surface area contributed by atoms with Crippen LogP contribution in [0.3, 0.4) is 0 Å². The van der Waals surface area contributed by atoms with Crippen LogP contribution in [0, 0.1) is 6.92 Å². The maximum absolute atomic E-state index is 13.1. The van der Waals surface area contributed by atoms with Crippen LogP contribution in [0.5, 0.6) is 0 Å². The highest BCUT2D eigenvalue weighted by atomic mass is 19.1. The number of hydrogen-bond donors (Lipinski definition) is 1. The monoisotopic (exact) mass is 402 g/mol. The van der Waals surface area contributed by atoms with Crippen molar-refractivity contribution in [1.29, 1.82) is 0 Å². The summed E-state index contributed by atoms with van der Waals surface area (Å²) in [6, 6.07) is 2.84. The highest BCUT2D eigenvalue weighted by molar-refractivity contribution is 6.27. The minimum atomic E-state index is -0.783. The van der Waals surface area contributed by atoms with Crippen molar-refractivity contribution in [3.8, 4) is 0 Å². The molecule has 1 aliphatic carbocycles. The molecular weight excluding hydrogens is 379 g/mol. The van der Waals surface area contributed by atoms with Gasteiger partial charge in [0.2, 0.25) is 0 Å². The number of allylic oxidation sites excluding steroid dienone is 2. The Bertz CT molecular complexity index is 1160. The number of aromatic nitrogens is 2. The number of benzene rings is 1. The van der Waals surface area contributed by atoms with Crippen molar-refractivity contribution in [3.05, 3.63) is 55.4 Å². The first-order valence-electron chi connectivity index (χ1n) is 9.66. The number of aliphatic hydroxyl groups excluding tert-OH is 1. The Morgan fingerprint density at radius 2 is 1.86 bits per heavy atom. The van der Waals surface area contributed by atoms with Gasteiger partial charge in [0.15, 0.2) is 11.6 Å². The average molecular weight is 402 g/mol. The SMILES string of the molecule is CCCn1c(=O)c2c(C)c(C(=O)C3=C(O)CCCC3=O)ccc2n(CCF)c1=O. The molecule has 1 aromatic heterocycles. The number of ketones is 2. The Morgan fingerprint density at radius 3 is 2.48 bits per heavy atom. The first-order chi connectivity index (χ1) is 13.8. The van der Waals surface area contributed by atoms with Gasteiger partial charge in [-0.05, 0) is 37.5 Å². The van der Waals surface area contributed by atoms with Gasteiger partial charge in [0, 0.05) is 24.9 Å². The number of aryl methyl sites for hydroxylation is 2. The molecule has 154 valence electrons. The van der Waals surface area contributed by atoms with Crippen molar-refractivity contribution in [3.63, 3.8) is 0 Å². The van der Waals surface area contributed by atoms with E-state index >= 15 is 0 Å². The van der Waals surface area contributed by atoms with Gasteiger partial charge in [-0.25, -0.2) is 9.18 Å². The molecule has 3 rings (SSSR count). The first kappa shape index (κ1) is 20.7. The number of hydrogen-bond acceptors (Lipinski definition) is 5. The number of rotatable bonds is 6. The molecule has 0 spiro atoms. The molecule has 2 aromatic rings. The number of carbonyl (C=O) groups is 2.